The Bertz CT molecular complexity index is 806. The van der Waals surface area contributed by atoms with E-state index < -0.39 is 5.76 Å². The van der Waals surface area contributed by atoms with Crippen LogP contribution in [0, 0.1) is 0 Å². The molecule has 0 saturated heterocycles. The monoisotopic (exact) mass is 315 g/mol. The lowest BCUT2D eigenvalue weighted by molar-refractivity contribution is -0.122. The lowest BCUT2D eigenvalue weighted by atomic mass is 10.2. The Morgan fingerprint density at radius 2 is 2.05 bits per heavy atom. The Labute approximate surface area is 130 Å². The number of hydrogen-bond donors (Lipinski definition) is 1. The summed E-state index contributed by atoms with van der Waals surface area (Å²) in [5, 5.41) is 8.64. The van der Waals surface area contributed by atoms with Crippen molar-refractivity contribution in [3.63, 3.8) is 0 Å². The number of rotatable bonds is 5. The van der Waals surface area contributed by atoms with Crippen LogP contribution < -0.4 is 11.1 Å². The predicted octanol–water partition coefficient (Wildman–Crippen LogP) is 1.88. The third-order valence-electron chi connectivity index (χ3n) is 2.96. The number of aromatic nitrogens is 2. The van der Waals surface area contributed by atoms with Crippen LogP contribution in [0.2, 0.25) is 0 Å². The summed E-state index contributed by atoms with van der Waals surface area (Å²) in [6.45, 7) is 0.241. The van der Waals surface area contributed by atoms with Gasteiger partial charge in [-0.3, -0.25) is 4.79 Å². The van der Waals surface area contributed by atoms with Crippen LogP contribution in [0.4, 0.5) is 0 Å². The Hall–Kier alpha value is -2.67. The van der Waals surface area contributed by atoms with E-state index >= 15 is 0 Å². The first-order valence-electron chi connectivity index (χ1n) is 6.65. The Kier molecular flexibility index (Phi) is 4.15. The van der Waals surface area contributed by atoms with Gasteiger partial charge in [0.1, 0.15) is 6.54 Å². The van der Waals surface area contributed by atoms with Gasteiger partial charge in [0.2, 0.25) is 5.91 Å². The topological polar surface area (TPSA) is 77.1 Å². The molecule has 7 heteroatoms. The van der Waals surface area contributed by atoms with Gasteiger partial charge in [0.15, 0.2) is 0 Å². The van der Waals surface area contributed by atoms with E-state index in [0.717, 1.165) is 15.1 Å². The van der Waals surface area contributed by atoms with Gasteiger partial charge in [0.25, 0.3) is 5.89 Å². The second-order valence-corrected chi connectivity index (χ2v) is 5.52. The van der Waals surface area contributed by atoms with E-state index in [1.54, 1.807) is 6.07 Å². The third kappa shape index (κ3) is 3.32. The van der Waals surface area contributed by atoms with E-state index in [9.17, 15) is 9.59 Å². The van der Waals surface area contributed by atoms with Crippen molar-refractivity contribution < 1.29 is 9.21 Å². The van der Waals surface area contributed by atoms with Gasteiger partial charge < -0.3 is 9.73 Å². The van der Waals surface area contributed by atoms with Crippen molar-refractivity contribution in [3.05, 3.63) is 64.0 Å². The van der Waals surface area contributed by atoms with Gasteiger partial charge in [-0.1, -0.05) is 36.4 Å². The standard InChI is InChI=1S/C15H13N3O3S/c19-13(16-9-11-5-2-1-3-6-11)10-18-15(20)21-14(17-18)12-7-4-8-22-12/h1-8H,9-10H2,(H,16,19). The Morgan fingerprint density at radius 3 is 2.77 bits per heavy atom. The first kappa shape index (κ1) is 14.3. The maximum Gasteiger partial charge on any atom is 0.437 e. The van der Waals surface area contributed by atoms with Crippen molar-refractivity contribution in [2.24, 2.45) is 0 Å². The second-order valence-electron chi connectivity index (χ2n) is 4.57. The number of nitrogens with one attached hydrogen (secondary N) is 1. The smallest absolute Gasteiger partial charge is 0.387 e. The zero-order chi connectivity index (χ0) is 15.4. The van der Waals surface area contributed by atoms with E-state index in [1.807, 2.05) is 41.8 Å². The molecule has 3 aromatic rings. The zero-order valence-corrected chi connectivity index (χ0v) is 12.4. The minimum atomic E-state index is -0.640. The number of hydrogen-bond acceptors (Lipinski definition) is 5. The second kappa shape index (κ2) is 6.40. The van der Waals surface area contributed by atoms with Gasteiger partial charge >= 0.3 is 5.76 Å². The fraction of sp³-hybridized carbons (Fsp3) is 0.133. The number of amides is 1. The molecule has 0 aliphatic carbocycles. The molecule has 3 rings (SSSR count). The van der Waals surface area contributed by atoms with Gasteiger partial charge in [-0.25, -0.2) is 4.79 Å². The summed E-state index contributed by atoms with van der Waals surface area (Å²) in [4.78, 5) is 24.3. The van der Waals surface area contributed by atoms with E-state index in [-0.39, 0.29) is 18.3 Å². The Morgan fingerprint density at radius 1 is 1.23 bits per heavy atom. The quantitative estimate of drug-likeness (QED) is 0.780. The summed E-state index contributed by atoms with van der Waals surface area (Å²) in [7, 11) is 0. The highest BCUT2D eigenvalue weighted by Gasteiger charge is 2.13. The molecule has 0 atom stereocenters. The molecule has 0 spiro atoms. The molecule has 0 saturated carbocycles. The van der Waals surface area contributed by atoms with Gasteiger partial charge in [-0.05, 0) is 17.0 Å². The van der Waals surface area contributed by atoms with E-state index in [2.05, 4.69) is 10.4 Å². The van der Waals surface area contributed by atoms with Crippen molar-refractivity contribution >= 4 is 17.2 Å². The molecule has 0 unspecified atom stereocenters. The molecule has 1 aromatic carbocycles. The Balaban J connectivity index is 1.63. The van der Waals surface area contributed by atoms with Gasteiger partial charge in [0.05, 0.1) is 4.88 Å². The summed E-state index contributed by atoms with van der Waals surface area (Å²) in [5.74, 6) is -0.703. The molecular weight excluding hydrogens is 302 g/mol. The van der Waals surface area contributed by atoms with Crippen LogP contribution in [0.1, 0.15) is 5.56 Å². The zero-order valence-electron chi connectivity index (χ0n) is 11.6. The third-order valence-corrected chi connectivity index (χ3v) is 3.82. The number of benzene rings is 1. The highest BCUT2D eigenvalue weighted by molar-refractivity contribution is 7.13. The van der Waals surface area contributed by atoms with Crippen molar-refractivity contribution in [2.45, 2.75) is 13.1 Å². The van der Waals surface area contributed by atoms with Crippen LogP contribution in [-0.2, 0) is 17.9 Å². The summed E-state index contributed by atoms with van der Waals surface area (Å²) in [5.41, 5.74) is 0.989. The maximum absolute atomic E-state index is 11.9. The minimum absolute atomic E-state index is 0.166. The van der Waals surface area contributed by atoms with Gasteiger partial charge in [-0.2, -0.15) is 4.68 Å². The normalized spacial score (nSPS) is 10.5. The summed E-state index contributed by atoms with van der Waals surface area (Å²) >= 11 is 1.42. The molecule has 22 heavy (non-hydrogen) atoms. The van der Waals surface area contributed by atoms with Crippen molar-refractivity contribution in [3.8, 4) is 10.8 Å². The first-order valence-corrected chi connectivity index (χ1v) is 7.53. The molecule has 6 nitrogen and oxygen atoms in total. The number of carbonyl (C=O) groups is 1. The summed E-state index contributed by atoms with van der Waals surface area (Å²) in [6.07, 6.45) is 0. The lowest BCUT2D eigenvalue weighted by Crippen LogP contribution is -2.31. The first-order chi connectivity index (χ1) is 10.7. The molecule has 0 aliphatic heterocycles. The van der Waals surface area contributed by atoms with Crippen LogP contribution >= 0.6 is 11.3 Å². The van der Waals surface area contributed by atoms with Crippen LogP contribution in [0.15, 0.2) is 57.1 Å². The van der Waals surface area contributed by atoms with Crippen LogP contribution in [0.25, 0.3) is 10.8 Å². The average Bonchev–Trinajstić information content (AvgIpc) is 3.17. The number of nitrogens with zero attached hydrogens (tertiary/aromatic N) is 2. The van der Waals surface area contributed by atoms with Crippen molar-refractivity contribution in [1.82, 2.24) is 15.1 Å². The highest BCUT2D eigenvalue weighted by Crippen LogP contribution is 2.20. The summed E-state index contributed by atoms with van der Waals surface area (Å²) < 4.78 is 6.07. The maximum atomic E-state index is 11.9. The fourth-order valence-corrected chi connectivity index (χ4v) is 2.54. The fourth-order valence-electron chi connectivity index (χ4n) is 1.89. The van der Waals surface area contributed by atoms with E-state index in [0.29, 0.717) is 6.54 Å². The molecular formula is C15H13N3O3S. The van der Waals surface area contributed by atoms with Crippen molar-refractivity contribution in [1.29, 1.82) is 0 Å². The number of thiophene rings is 1. The highest BCUT2D eigenvalue weighted by atomic mass is 32.1. The molecule has 0 aliphatic rings. The molecule has 0 fully saturated rings. The molecule has 0 bridgehead atoms. The van der Waals surface area contributed by atoms with Crippen molar-refractivity contribution in [2.75, 3.05) is 0 Å². The molecule has 2 heterocycles. The lowest BCUT2D eigenvalue weighted by Gasteiger charge is -2.04. The van der Waals surface area contributed by atoms with Crippen LogP contribution in [-0.4, -0.2) is 15.7 Å². The molecule has 1 amide bonds. The number of carbonyl (C=O) groups excluding carboxylic acids is 1. The largest absolute Gasteiger partial charge is 0.437 e. The van der Waals surface area contributed by atoms with Crippen LogP contribution in [0.5, 0.6) is 0 Å². The molecule has 112 valence electrons. The predicted molar refractivity (Wildman–Crippen MR) is 82.4 cm³/mol. The molecule has 0 radical (unpaired) electrons. The van der Waals surface area contributed by atoms with Crippen LogP contribution in [0.3, 0.4) is 0 Å². The summed E-state index contributed by atoms with van der Waals surface area (Å²) in [6, 6.07) is 13.2. The molecule has 2 aromatic heterocycles. The van der Waals surface area contributed by atoms with Gasteiger partial charge in [0, 0.05) is 6.54 Å². The average molecular weight is 315 g/mol. The molecule has 1 N–H and O–H groups in total. The minimum Gasteiger partial charge on any atom is -0.387 e. The SMILES string of the molecule is O=C(Cn1nc(-c2cccs2)oc1=O)NCc1ccccc1. The van der Waals surface area contributed by atoms with E-state index in [4.69, 9.17) is 4.42 Å². The van der Waals surface area contributed by atoms with Gasteiger partial charge in [-0.15, -0.1) is 16.4 Å². The van der Waals surface area contributed by atoms with E-state index in [1.165, 1.54) is 11.3 Å².